The number of hydrogen-bond acceptors (Lipinski definition) is 3. The van der Waals surface area contributed by atoms with Crippen LogP contribution in [-0.2, 0) is 0 Å². The molecule has 0 aliphatic carbocycles. The van der Waals surface area contributed by atoms with Crippen molar-refractivity contribution < 1.29 is 14.9 Å². The predicted molar refractivity (Wildman–Crippen MR) is 149 cm³/mol. The first kappa shape index (κ1) is 23.0. The Labute approximate surface area is 215 Å². The van der Waals surface area contributed by atoms with Crippen molar-refractivity contribution in [1.82, 2.24) is 0 Å². The van der Waals surface area contributed by atoms with Crippen molar-refractivity contribution in [3.05, 3.63) is 156 Å². The highest BCUT2D eigenvalue weighted by Gasteiger charge is 2.19. The summed E-state index contributed by atoms with van der Waals surface area (Å²) < 4.78 is 6.64. The maximum absolute atomic E-state index is 11.3. The maximum atomic E-state index is 11.3. The summed E-state index contributed by atoms with van der Waals surface area (Å²) in [7, 11) is 0. The normalized spacial score (nSPS) is 12.9. The van der Waals surface area contributed by atoms with Gasteiger partial charge in [0.2, 0.25) is 0 Å². The second-order valence-corrected chi connectivity index (χ2v) is 9.13. The molecule has 0 unspecified atom stereocenters. The summed E-state index contributed by atoms with van der Waals surface area (Å²) in [5.41, 5.74) is 3.21. The van der Waals surface area contributed by atoms with E-state index in [0.717, 1.165) is 43.8 Å². The van der Waals surface area contributed by atoms with E-state index in [-0.39, 0.29) is 0 Å². The van der Waals surface area contributed by atoms with Gasteiger partial charge in [0.15, 0.2) is 0 Å². The fourth-order valence-corrected chi connectivity index (χ4v) is 5.04. The Morgan fingerprint density at radius 2 is 0.784 bits per heavy atom. The van der Waals surface area contributed by atoms with Crippen molar-refractivity contribution >= 4 is 21.5 Å². The predicted octanol–water partition coefficient (Wildman–Crippen LogP) is 7.95. The molecule has 37 heavy (non-hydrogen) atoms. The zero-order valence-electron chi connectivity index (χ0n) is 20.2. The lowest BCUT2D eigenvalue weighted by atomic mass is 9.94. The molecular weight excluding hydrogens is 456 g/mol. The van der Waals surface area contributed by atoms with Crippen LogP contribution in [0.2, 0.25) is 0 Å². The Balaban J connectivity index is 1.50. The largest absolute Gasteiger partial charge is 0.456 e. The van der Waals surface area contributed by atoms with Gasteiger partial charge in [0.05, 0.1) is 0 Å². The standard InChI is InChI=1S/C34H26O3/c35-33(25-11-3-1-4-12-25)27-19-7-15-23-17-9-21-29(31(23)27)37-30-22-10-18-24-16-8-20-28(32(24)30)34(36)26-13-5-2-6-14-26/h1-22,33-36H/t33-,34-/m0/s1. The third kappa shape index (κ3) is 4.36. The minimum absolute atomic E-state index is 0.652. The molecule has 0 aromatic heterocycles. The maximum Gasteiger partial charge on any atom is 0.135 e. The van der Waals surface area contributed by atoms with Crippen molar-refractivity contribution in [1.29, 1.82) is 0 Å². The van der Waals surface area contributed by atoms with Crippen LogP contribution in [0.15, 0.2) is 133 Å². The van der Waals surface area contributed by atoms with Crippen LogP contribution in [0.25, 0.3) is 21.5 Å². The van der Waals surface area contributed by atoms with Crippen LogP contribution in [0.3, 0.4) is 0 Å². The first-order valence-electron chi connectivity index (χ1n) is 12.4. The highest BCUT2D eigenvalue weighted by Crippen LogP contribution is 2.41. The number of aliphatic hydroxyl groups is 2. The van der Waals surface area contributed by atoms with Crippen LogP contribution in [0.4, 0.5) is 0 Å². The Bertz CT molecular complexity index is 1540. The molecule has 2 atom stereocenters. The zero-order valence-corrected chi connectivity index (χ0v) is 20.2. The van der Waals surface area contributed by atoms with Gasteiger partial charge in [0.1, 0.15) is 23.7 Å². The van der Waals surface area contributed by atoms with E-state index in [9.17, 15) is 10.2 Å². The van der Waals surface area contributed by atoms with Gasteiger partial charge in [-0.2, -0.15) is 0 Å². The molecule has 0 fully saturated rings. The van der Waals surface area contributed by atoms with Gasteiger partial charge in [-0.25, -0.2) is 0 Å². The molecule has 0 aliphatic rings. The van der Waals surface area contributed by atoms with E-state index in [1.54, 1.807) is 0 Å². The molecule has 0 amide bonds. The number of aliphatic hydroxyl groups excluding tert-OH is 2. The monoisotopic (exact) mass is 482 g/mol. The molecule has 0 heterocycles. The lowest BCUT2D eigenvalue weighted by molar-refractivity contribution is 0.221. The number of ether oxygens (including phenoxy) is 1. The van der Waals surface area contributed by atoms with Crippen molar-refractivity contribution in [3.8, 4) is 11.5 Å². The Kier molecular flexibility index (Phi) is 6.15. The Morgan fingerprint density at radius 3 is 1.19 bits per heavy atom. The zero-order chi connectivity index (χ0) is 25.2. The van der Waals surface area contributed by atoms with Gasteiger partial charge in [0.25, 0.3) is 0 Å². The molecule has 3 heteroatoms. The number of rotatable bonds is 6. The first-order valence-corrected chi connectivity index (χ1v) is 12.4. The summed E-state index contributed by atoms with van der Waals surface area (Å²) in [6.07, 6.45) is -1.59. The second-order valence-electron chi connectivity index (χ2n) is 9.13. The minimum atomic E-state index is -0.794. The van der Waals surface area contributed by atoms with Gasteiger partial charge < -0.3 is 14.9 Å². The molecule has 3 nitrogen and oxygen atoms in total. The first-order chi connectivity index (χ1) is 18.2. The summed E-state index contributed by atoms with van der Waals surface area (Å²) in [5.74, 6) is 1.30. The minimum Gasteiger partial charge on any atom is -0.456 e. The second kappa shape index (κ2) is 9.90. The molecule has 6 rings (SSSR count). The van der Waals surface area contributed by atoms with E-state index in [1.165, 1.54) is 0 Å². The van der Waals surface area contributed by atoms with Crippen LogP contribution < -0.4 is 4.74 Å². The number of hydrogen-bond donors (Lipinski definition) is 2. The molecule has 0 spiro atoms. The summed E-state index contributed by atoms with van der Waals surface area (Å²) in [4.78, 5) is 0. The molecule has 6 aromatic carbocycles. The van der Waals surface area contributed by atoms with E-state index in [4.69, 9.17) is 4.74 Å². The molecule has 0 saturated carbocycles. The average Bonchev–Trinajstić information content (AvgIpc) is 2.97. The highest BCUT2D eigenvalue weighted by atomic mass is 16.5. The third-order valence-corrected chi connectivity index (χ3v) is 6.84. The van der Waals surface area contributed by atoms with Crippen LogP contribution in [0.1, 0.15) is 34.5 Å². The summed E-state index contributed by atoms with van der Waals surface area (Å²) in [6.45, 7) is 0. The van der Waals surface area contributed by atoms with Gasteiger partial charge in [-0.3, -0.25) is 0 Å². The summed E-state index contributed by atoms with van der Waals surface area (Å²) >= 11 is 0. The van der Waals surface area contributed by atoms with Crippen molar-refractivity contribution in [2.75, 3.05) is 0 Å². The summed E-state index contributed by atoms with van der Waals surface area (Å²) in [5, 5.41) is 26.3. The van der Waals surface area contributed by atoms with Crippen LogP contribution in [0.5, 0.6) is 11.5 Å². The lowest BCUT2D eigenvalue weighted by Crippen LogP contribution is -2.02. The fraction of sp³-hybridized carbons (Fsp3) is 0.0588. The molecule has 2 N–H and O–H groups in total. The van der Waals surface area contributed by atoms with Crippen LogP contribution in [0, 0.1) is 0 Å². The fourth-order valence-electron chi connectivity index (χ4n) is 5.04. The highest BCUT2D eigenvalue weighted by molar-refractivity contribution is 5.95. The molecule has 180 valence electrons. The van der Waals surface area contributed by atoms with Crippen LogP contribution in [-0.4, -0.2) is 10.2 Å². The number of fused-ring (bicyclic) bond motifs is 2. The van der Waals surface area contributed by atoms with E-state index in [1.807, 2.05) is 133 Å². The van der Waals surface area contributed by atoms with E-state index in [0.29, 0.717) is 11.5 Å². The quantitative estimate of drug-likeness (QED) is 0.253. The Morgan fingerprint density at radius 1 is 0.405 bits per heavy atom. The smallest absolute Gasteiger partial charge is 0.135 e. The van der Waals surface area contributed by atoms with Crippen molar-refractivity contribution in [2.45, 2.75) is 12.2 Å². The molecule has 0 aliphatic heterocycles. The molecular formula is C34H26O3. The summed E-state index contributed by atoms with van der Waals surface area (Å²) in [6, 6.07) is 43.0. The van der Waals surface area contributed by atoms with Gasteiger partial charge in [-0.15, -0.1) is 0 Å². The van der Waals surface area contributed by atoms with Crippen molar-refractivity contribution in [2.24, 2.45) is 0 Å². The van der Waals surface area contributed by atoms with Crippen LogP contribution >= 0.6 is 0 Å². The average molecular weight is 483 g/mol. The van der Waals surface area contributed by atoms with Gasteiger partial charge >= 0.3 is 0 Å². The lowest BCUT2D eigenvalue weighted by Gasteiger charge is -2.19. The third-order valence-electron chi connectivity index (χ3n) is 6.84. The number of benzene rings is 6. The molecule has 0 radical (unpaired) electrons. The topological polar surface area (TPSA) is 49.7 Å². The van der Waals surface area contributed by atoms with E-state index in [2.05, 4.69) is 0 Å². The van der Waals surface area contributed by atoms with E-state index < -0.39 is 12.2 Å². The van der Waals surface area contributed by atoms with Gasteiger partial charge in [0, 0.05) is 10.8 Å². The van der Waals surface area contributed by atoms with Crippen molar-refractivity contribution in [3.63, 3.8) is 0 Å². The SMILES string of the molecule is O[C@@H](c1ccccc1)c1cccc2cccc(Oc3cccc4cccc([C@@H](O)c5ccccc5)c34)c12. The molecule has 6 aromatic rings. The van der Waals surface area contributed by atoms with Gasteiger partial charge in [-0.1, -0.05) is 121 Å². The molecule has 0 bridgehead atoms. The van der Waals surface area contributed by atoms with Gasteiger partial charge in [-0.05, 0) is 45.2 Å². The molecule has 0 saturated heterocycles. The Hall–Kier alpha value is -4.44. The van der Waals surface area contributed by atoms with E-state index >= 15 is 0 Å².